The Hall–Kier alpha value is -3.33. The van der Waals surface area contributed by atoms with Crippen molar-refractivity contribution in [1.82, 2.24) is 23.5 Å². The van der Waals surface area contributed by atoms with Gasteiger partial charge in [-0.05, 0) is 42.3 Å². The molecule has 4 rings (SSSR count). The van der Waals surface area contributed by atoms with Crippen molar-refractivity contribution in [1.29, 1.82) is 0 Å². The Kier molecular flexibility index (Phi) is 5.22. The summed E-state index contributed by atoms with van der Waals surface area (Å²) in [5.74, 6) is 1.92. The third-order valence-electron chi connectivity index (χ3n) is 4.57. The van der Waals surface area contributed by atoms with E-state index in [2.05, 4.69) is 33.1 Å². The predicted octanol–water partition coefficient (Wildman–Crippen LogP) is 2.66. The van der Waals surface area contributed by atoms with E-state index in [0.29, 0.717) is 35.9 Å². The molecule has 0 amide bonds. The molecule has 148 valence electrons. The van der Waals surface area contributed by atoms with Gasteiger partial charge in [0.05, 0.1) is 13.7 Å². The summed E-state index contributed by atoms with van der Waals surface area (Å²) in [5.41, 5.74) is 2.82. The van der Waals surface area contributed by atoms with Gasteiger partial charge in [0.25, 0.3) is 0 Å². The zero-order chi connectivity index (χ0) is 20.4. The molecule has 8 nitrogen and oxygen atoms in total. The second-order valence-corrected chi connectivity index (χ2v) is 6.93. The summed E-state index contributed by atoms with van der Waals surface area (Å²) >= 11 is 4.40. The fourth-order valence-electron chi connectivity index (χ4n) is 3.10. The van der Waals surface area contributed by atoms with E-state index in [1.165, 1.54) is 3.97 Å². The van der Waals surface area contributed by atoms with Crippen LogP contribution in [0.5, 0.6) is 5.75 Å². The number of hydrogen-bond acceptors (Lipinski definition) is 7. The number of pyridine rings is 1. The van der Waals surface area contributed by atoms with E-state index in [4.69, 9.17) is 4.74 Å². The highest BCUT2D eigenvalue weighted by Crippen LogP contribution is 2.22. The quantitative estimate of drug-likeness (QED) is 0.477. The highest BCUT2D eigenvalue weighted by molar-refractivity contribution is 7.78. The van der Waals surface area contributed by atoms with Gasteiger partial charge in [-0.1, -0.05) is 24.9 Å². The molecule has 0 aliphatic rings. The minimum atomic E-state index is -0.271. The highest BCUT2D eigenvalue weighted by atomic mass is 32.1. The number of nitrogens with one attached hydrogen (secondary N) is 1. The van der Waals surface area contributed by atoms with Crippen LogP contribution in [0.3, 0.4) is 0 Å². The minimum Gasteiger partial charge on any atom is -0.497 e. The van der Waals surface area contributed by atoms with Crippen molar-refractivity contribution in [2.24, 2.45) is 0 Å². The van der Waals surface area contributed by atoms with Gasteiger partial charge >= 0.3 is 5.69 Å². The molecule has 0 aliphatic heterocycles. The van der Waals surface area contributed by atoms with Gasteiger partial charge in [-0.2, -0.15) is 0 Å². The number of benzene rings is 1. The fourth-order valence-corrected chi connectivity index (χ4v) is 3.39. The molecule has 9 heteroatoms. The van der Waals surface area contributed by atoms with E-state index in [0.717, 1.165) is 16.9 Å². The first-order valence-corrected chi connectivity index (χ1v) is 9.41. The van der Waals surface area contributed by atoms with Crippen molar-refractivity contribution in [3.05, 3.63) is 76.2 Å². The third kappa shape index (κ3) is 3.81. The number of thiol groups is 1. The van der Waals surface area contributed by atoms with Crippen molar-refractivity contribution in [3.8, 4) is 5.75 Å². The van der Waals surface area contributed by atoms with Crippen molar-refractivity contribution in [2.75, 3.05) is 12.4 Å². The zero-order valence-electron chi connectivity index (χ0n) is 16.0. The Morgan fingerprint density at radius 1 is 1.07 bits per heavy atom. The lowest BCUT2D eigenvalue weighted by Gasteiger charge is -2.09. The molecule has 1 aromatic carbocycles. The Bertz CT molecular complexity index is 1200. The van der Waals surface area contributed by atoms with Gasteiger partial charge in [-0.3, -0.25) is 9.55 Å². The average Bonchev–Trinajstić information content (AvgIpc) is 2.98. The second-order valence-electron chi connectivity index (χ2n) is 6.53. The van der Waals surface area contributed by atoms with Gasteiger partial charge in [0.2, 0.25) is 0 Å². The number of methoxy groups -OCH3 is 1. The van der Waals surface area contributed by atoms with Crippen LogP contribution >= 0.6 is 12.8 Å². The summed E-state index contributed by atoms with van der Waals surface area (Å²) in [7, 11) is 1.64. The maximum absolute atomic E-state index is 12.8. The summed E-state index contributed by atoms with van der Waals surface area (Å²) < 4.78 is 8.06. The van der Waals surface area contributed by atoms with E-state index in [1.807, 2.05) is 36.4 Å². The maximum atomic E-state index is 12.8. The van der Waals surface area contributed by atoms with Crippen LogP contribution in [-0.2, 0) is 13.1 Å². The van der Waals surface area contributed by atoms with Crippen LogP contribution in [0.4, 0.5) is 5.82 Å². The molecule has 3 heterocycles. The number of rotatable bonds is 6. The number of fused-ring (bicyclic) bond motifs is 1. The van der Waals surface area contributed by atoms with E-state index < -0.39 is 0 Å². The van der Waals surface area contributed by atoms with Crippen LogP contribution in [-0.4, -0.2) is 30.6 Å². The Labute approximate surface area is 172 Å². The molecule has 29 heavy (non-hydrogen) atoms. The first-order valence-electron chi connectivity index (χ1n) is 9.01. The molecule has 4 aromatic rings. The van der Waals surface area contributed by atoms with Crippen molar-refractivity contribution >= 4 is 29.8 Å². The predicted molar refractivity (Wildman–Crippen MR) is 115 cm³/mol. The molecule has 0 fully saturated rings. The molecular weight excluding hydrogens is 388 g/mol. The van der Waals surface area contributed by atoms with Crippen LogP contribution in [0.15, 0.2) is 53.6 Å². The zero-order valence-corrected chi connectivity index (χ0v) is 16.9. The van der Waals surface area contributed by atoms with Gasteiger partial charge in [-0.25, -0.2) is 18.7 Å². The topological polar surface area (TPSA) is 86.9 Å². The summed E-state index contributed by atoms with van der Waals surface area (Å²) in [5, 5.41) is 3.30. The number of imidazole rings is 1. The summed E-state index contributed by atoms with van der Waals surface area (Å²) in [4.78, 5) is 25.8. The number of aromatic nitrogens is 5. The molecule has 0 bridgehead atoms. The lowest BCUT2D eigenvalue weighted by Crippen LogP contribution is -2.21. The number of anilines is 1. The third-order valence-corrected chi connectivity index (χ3v) is 4.94. The van der Waals surface area contributed by atoms with Crippen molar-refractivity contribution in [2.45, 2.75) is 20.0 Å². The van der Waals surface area contributed by atoms with E-state index in [-0.39, 0.29) is 5.69 Å². The molecule has 0 spiro atoms. The van der Waals surface area contributed by atoms with Crippen LogP contribution < -0.4 is 15.7 Å². The molecule has 0 aliphatic carbocycles. The van der Waals surface area contributed by atoms with E-state index in [9.17, 15) is 4.79 Å². The fraction of sp³-hybridized carbons (Fsp3) is 0.200. The monoisotopic (exact) mass is 408 g/mol. The molecule has 0 saturated heterocycles. The smallest absolute Gasteiger partial charge is 0.340 e. The first-order chi connectivity index (χ1) is 14.1. The van der Waals surface area contributed by atoms with Gasteiger partial charge in [-0.15, -0.1) is 0 Å². The summed E-state index contributed by atoms with van der Waals surface area (Å²) in [6, 6.07) is 11.5. The molecule has 1 N–H and O–H groups in total. The highest BCUT2D eigenvalue weighted by Gasteiger charge is 2.18. The molecule has 0 unspecified atom stereocenters. The average molecular weight is 408 g/mol. The van der Waals surface area contributed by atoms with Gasteiger partial charge < -0.3 is 10.1 Å². The molecule has 3 aromatic heterocycles. The van der Waals surface area contributed by atoms with E-state index in [1.54, 1.807) is 31.0 Å². The first kappa shape index (κ1) is 19.0. The summed E-state index contributed by atoms with van der Waals surface area (Å²) in [6.07, 6.45) is 3.39. The Morgan fingerprint density at radius 3 is 2.48 bits per heavy atom. The Balaban J connectivity index is 1.71. The summed E-state index contributed by atoms with van der Waals surface area (Å²) in [6.45, 7) is 2.71. The molecule has 0 radical (unpaired) electrons. The second kappa shape index (κ2) is 7.96. The number of nitrogens with zero attached hydrogens (tertiary/aromatic N) is 5. The number of aryl methyl sites for hydroxylation is 1. The van der Waals surface area contributed by atoms with Crippen molar-refractivity contribution in [3.63, 3.8) is 0 Å². The van der Waals surface area contributed by atoms with E-state index >= 15 is 0 Å². The van der Waals surface area contributed by atoms with Crippen LogP contribution in [0.1, 0.15) is 17.0 Å². The number of ether oxygens (including phenoxy) is 1. The standard InChI is InChI=1S/C20H20N6O2S/c1-13-23-18(22-11-14-3-5-16(28-2)6-4-14)17-19(24-13)25(20(27)26(17)29)12-15-7-9-21-10-8-15/h3-10,29H,11-12H2,1-2H3,(H,22,23,24). The normalized spacial score (nSPS) is 11.0. The molecular formula is C20H20N6O2S. The maximum Gasteiger partial charge on any atom is 0.340 e. The van der Waals surface area contributed by atoms with Crippen LogP contribution in [0.2, 0.25) is 0 Å². The lowest BCUT2D eigenvalue weighted by atomic mass is 10.2. The van der Waals surface area contributed by atoms with Gasteiger partial charge in [0, 0.05) is 18.9 Å². The molecule has 0 atom stereocenters. The number of hydrogen-bond donors (Lipinski definition) is 2. The Morgan fingerprint density at radius 2 is 1.79 bits per heavy atom. The SMILES string of the molecule is COc1ccc(CNc2nc(C)nc3c2n(S)c(=O)n3Cc2ccncc2)cc1. The minimum absolute atomic E-state index is 0.271. The van der Waals surface area contributed by atoms with Gasteiger partial charge in [0.15, 0.2) is 11.5 Å². The van der Waals surface area contributed by atoms with Gasteiger partial charge in [0.1, 0.15) is 17.1 Å². The van der Waals surface area contributed by atoms with Crippen LogP contribution in [0, 0.1) is 6.92 Å². The lowest BCUT2D eigenvalue weighted by molar-refractivity contribution is 0.414. The van der Waals surface area contributed by atoms with Crippen LogP contribution in [0.25, 0.3) is 11.2 Å². The molecule has 0 saturated carbocycles. The van der Waals surface area contributed by atoms with Crippen molar-refractivity contribution < 1.29 is 4.74 Å². The largest absolute Gasteiger partial charge is 0.497 e.